The van der Waals surface area contributed by atoms with E-state index in [2.05, 4.69) is 5.32 Å². The average Bonchev–Trinajstić information content (AvgIpc) is 3.14. The number of hydrogen-bond acceptors (Lipinski definition) is 5. The number of benzene rings is 2. The zero-order valence-corrected chi connectivity index (χ0v) is 19.5. The number of carbonyl (C=O) groups excluding carboxylic acids is 3. The Labute approximate surface area is 200 Å². The smallest absolute Gasteiger partial charge is 0.255 e. The van der Waals surface area contributed by atoms with Crippen LogP contribution in [-0.4, -0.2) is 54.5 Å². The summed E-state index contributed by atoms with van der Waals surface area (Å²) in [6, 6.07) is 6.58. The lowest BCUT2D eigenvalue weighted by Gasteiger charge is -2.32. The number of fused-ring (bicyclic) bond motifs is 1. The summed E-state index contributed by atoms with van der Waals surface area (Å²) < 4.78 is 55.2. The maximum atomic E-state index is 14.5. The molecule has 5 rings (SSSR count). The van der Waals surface area contributed by atoms with Gasteiger partial charge in [-0.1, -0.05) is 6.07 Å². The Morgan fingerprint density at radius 2 is 1.69 bits per heavy atom. The highest BCUT2D eigenvalue weighted by molar-refractivity contribution is 7.89. The standard InChI is InChI=1S/C24H23F2N3O5S/c25-15-2-1-3-17(10-15)35(33,34)28-8-6-14(7-9-28)18-11-16(26)12-19-20(18)13-29(24(19)32)21-4-5-22(30)27-23(21)31/h1-3,10-12,14,21H,4-9,13H2,(H,27,30,31). The van der Waals surface area contributed by atoms with Crippen molar-refractivity contribution in [2.45, 2.75) is 49.1 Å². The lowest BCUT2D eigenvalue weighted by atomic mass is 9.86. The Morgan fingerprint density at radius 3 is 2.37 bits per heavy atom. The summed E-state index contributed by atoms with van der Waals surface area (Å²) in [7, 11) is -3.87. The van der Waals surface area contributed by atoms with E-state index in [1.54, 1.807) is 0 Å². The molecule has 1 atom stereocenters. The predicted molar refractivity (Wildman–Crippen MR) is 120 cm³/mol. The van der Waals surface area contributed by atoms with Gasteiger partial charge in [0.1, 0.15) is 17.7 Å². The highest BCUT2D eigenvalue weighted by Gasteiger charge is 2.41. The highest BCUT2D eigenvalue weighted by atomic mass is 32.2. The van der Waals surface area contributed by atoms with Crippen LogP contribution in [0.2, 0.25) is 0 Å². The molecule has 2 aromatic rings. The van der Waals surface area contributed by atoms with Crippen LogP contribution in [0.15, 0.2) is 41.3 Å². The Bertz CT molecular complexity index is 1340. The number of halogens is 2. The minimum atomic E-state index is -3.87. The average molecular weight is 504 g/mol. The second kappa shape index (κ2) is 8.80. The SMILES string of the molecule is O=C1CCC(N2Cc3c(cc(F)cc3C3CCN(S(=O)(=O)c4cccc(F)c4)CC3)C2=O)C(=O)N1. The largest absolute Gasteiger partial charge is 0.322 e. The van der Waals surface area contributed by atoms with Crippen molar-refractivity contribution in [2.24, 2.45) is 0 Å². The van der Waals surface area contributed by atoms with Crippen LogP contribution in [0.25, 0.3) is 0 Å². The van der Waals surface area contributed by atoms with Gasteiger partial charge in [-0.3, -0.25) is 19.7 Å². The lowest BCUT2D eigenvalue weighted by molar-refractivity contribution is -0.136. The molecule has 0 saturated carbocycles. The first-order valence-electron chi connectivity index (χ1n) is 11.4. The maximum absolute atomic E-state index is 14.5. The molecule has 0 radical (unpaired) electrons. The second-order valence-electron chi connectivity index (χ2n) is 9.06. The molecule has 0 aromatic heterocycles. The molecule has 35 heavy (non-hydrogen) atoms. The summed E-state index contributed by atoms with van der Waals surface area (Å²) in [6.07, 6.45) is 1.13. The molecule has 184 valence electrons. The summed E-state index contributed by atoms with van der Waals surface area (Å²) in [6.45, 7) is 0.455. The molecule has 3 heterocycles. The maximum Gasteiger partial charge on any atom is 0.255 e. The van der Waals surface area contributed by atoms with Crippen molar-refractivity contribution in [1.82, 2.24) is 14.5 Å². The molecule has 1 unspecified atom stereocenters. The van der Waals surface area contributed by atoms with Crippen molar-refractivity contribution in [3.8, 4) is 0 Å². The zero-order chi connectivity index (χ0) is 24.9. The number of carbonyl (C=O) groups is 3. The minimum absolute atomic E-state index is 0.118. The van der Waals surface area contributed by atoms with Crippen LogP contribution in [0.5, 0.6) is 0 Å². The fourth-order valence-corrected chi connectivity index (χ4v) is 6.70. The Morgan fingerprint density at radius 1 is 0.943 bits per heavy atom. The van der Waals surface area contributed by atoms with Crippen molar-refractivity contribution >= 4 is 27.7 Å². The third-order valence-electron chi connectivity index (χ3n) is 6.98. The molecule has 2 fully saturated rings. The summed E-state index contributed by atoms with van der Waals surface area (Å²) in [5.41, 5.74) is 1.46. The zero-order valence-electron chi connectivity index (χ0n) is 18.7. The fourth-order valence-electron chi connectivity index (χ4n) is 5.20. The molecule has 0 spiro atoms. The number of sulfonamides is 1. The van der Waals surface area contributed by atoms with Crippen molar-refractivity contribution in [2.75, 3.05) is 13.1 Å². The number of nitrogens with zero attached hydrogens (tertiary/aromatic N) is 2. The Balaban J connectivity index is 1.36. The van der Waals surface area contributed by atoms with Crippen LogP contribution >= 0.6 is 0 Å². The highest BCUT2D eigenvalue weighted by Crippen LogP contribution is 2.38. The summed E-state index contributed by atoms with van der Waals surface area (Å²) in [5.74, 6) is -2.79. The van der Waals surface area contributed by atoms with E-state index in [1.165, 1.54) is 33.5 Å². The van der Waals surface area contributed by atoms with E-state index in [4.69, 9.17) is 0 Å². The van der Waals surface area contributed by atoms with Gasteiger partial charge in [-0.25, -0.2) is 17.2 Å². The summed E-state index contributed by atoms with van der Waals surface area (Å²) >= 11 is 0. The summed E-state index contributed by atoms with van der Waals surface area (Å²) in [4.78, 5) is 38.1. The number of hydrogen-bond donors (Lipinski definition) is 1. The van der Waals surface area contributed by atoms with Crippen LogP contribution in [0.1, 0.15) is 53.1 Å². The van der Waals surface area contributed by atoms with Crippen LogP contribution in [0, 0.1) is 11.6 Å². The number of rotatable bonds is 4. The van der Waals surface area contributed by atoms with Crippen molar-refractivity contribution in [3.05, 3.63) is 64.7 Å². The van der Waals surface area contributed by atoms with Gasteiger partial charge in [-0.2, -0.15) is 4.31 Å². The molecule has 2 aromatic carbocycles. The number of amides is 3. The van der Waals surface area contributed by atoms with E-state index >= 15 is 0 Å². The van der Waals surface area contributed by atoms with E-state index in [0.717, 1.165) is 12.1 Å². The number of nitrogens with one attached hydrogen (secondary N) is 1. The van der Waals surface area contributed by atoms with Crippen LogP contribution in [0.3, 0.4) is 0 Å². The third kappa shape index (κ3) is 4.23. The van der Waals surface area contributed by atoms with Gasteiger partial charge in [0, 0.05) is 31.6 Å². The van der Waals surface area contributed by atoms with E-state index in [9.17, 15) is 31.6 Å². The molecule has 11 heteroatoms. The number of piperidine rings is 2. The molecular weight excluding hydrogens is 480 g/mol. The van der Waals surface area contributed by atoms with Gasteiger partial charge in [-0.05, 0) is 66.6 Å². The fraction of sp³-hybridized carbons (Fsp3) is 0.375. The first-order chi connectivity index (χ1) is 16.6. The van der Waals surface area contributed by atoms with Gasteiger partial charge in [0.15, 0.2) is 0 Å². The van der Waals surface area contributed by atoms with E-state index in [0.29, 0.717) is 24.0 Å². The first kappa shape index (κ1) is 23.6. The number of imide groups is 1. The minimum Gasteiger partial charge on any atom is -0.322 e. The molecule has 0 bridgehead atoms. The van der Waals surface area contributed by atoms with Gasteiger partial charge in [0.25, 0.3) is 5.91 Å². The van der Waals surface area contributed by atoms with Crippen LogP contribution in [-0.2, 0) is 26.2 Å². The van der Waals surface area contributed by atoms with E-state index in [-0.39, 0.29) is 54.8 Å². The van der Waals surface area contributed by atoms with Crippen molar-refractivity contribution in [1.29, 1.82) is 0 Å². The molecule has 3 amide bonds. The van der Waals surface area contributed by atoms with Gasteiger partial charge in [0.05, 0.1) is 4.90 Å². The lowest BCUT2D eigenvalue weighted by Crippen LogP contribution is -2.52. The Kier molecular flexibility index (Phi) is 5.92. The molecule has 8 nitrogen and oxygen atoms in total. The Hall–Kier alpha value is -3.18. The van der Waals surface area contributed by atoms with Crippen molar-refractivity contribution in [3.63, 3.8) is 0 Å². The molecular formula is C24H23F2N3O5S. The van der Waals surface area contributed by atoms with Gasteiger partial charge < -0.3 is 4.90 Å². The topological polar surface area (TPSA) is 104 Å². The van der Waals surface area contributed by atoms with Gasteiger partial charge in [0.2, 0.25) is 21.8 Å². The third-order valence-corrected chi connectivity index (χ3v) is 8.88. The monoisotopic (exact) mass is 503 g/mol. The van der Waals surface area contributed by atoms with Crippen LogP contribution < -0.4 is 5.32 Å². The molecule has 3 aliphatic heterocycles. The van der Waals surface area contributed by atoms with Gasteiger partial charge in [-0.15, -0.1) is 0 Å². The first-order valence-corrected chi connectivity index (χ1v) is 12.8. The summed E-state index contributed by atoms with van der Waals surface area (Å²) in [5, 5.41) is 2.25. The van der Waals surface area contributed by atoms with Crippen LogP contribution in [0.4, 0.5) is 8.78 Å². The second-order valence-corrected chi connectivity index (χ2v) is 11.0. The van der Waals surface area contributed by atoms with Crippen molar-refractivity contribution < 1.29 is 31.6 Å². The van der Waals surface area contributed by atoms with Gasteiger partial charge >= 0.3 is 0 Å². The van der Waals surface area contributed by atoms with E-state index in [1.807, 2.05) is 0 Å². The quantitative estimate of drug-likeness (QED) is 0.645. The molecule has 2 saturated heterocycles. The van der Waals surface area contributed by atoms with E-state index < -0.39 is 39.5 Å². The normalized spacial score (nSPS) is 21.8. The predicted octanol–water partition coefficient (Wildman–Crippen LogP) is 2.29. The molecule has 3 aliphatic rings. The molecule has 1 N–H and O–H groups in total. The molecule has 0 aliphatic carbocycles.